The van der Waals surface area contributed by atoms with E-state index < -0.39 is 18.0 Å². The number of hydrogen-bond acceptors (Lipinski definition) is 7. The molecule has 0 aromatic heterocycles. The summed E-state index contributed by atoms with van der Waals surface area (Å²) in [6, 6.07) is 8.47. The summed E-state index contributed by atoms with van der Waals surface area (Å²) in [6.07, 6.45) is -0.821. The molecule has 2 aromatic carbocycles. The fraction of sp³-hybridized carbons (Fsp3) is 0.333. The smallest absolute Gasteiger partial charge is 0.308 e. The van der Waals surface area contributed by atoms with Crippen molar-refractivity contribution < 1.29 is 33.6 Å². The Balaban J connectivity index is 1.92. The number of carbonyl (C=O) groups is 2. The van der Waals surface area contributed by atoms with Gasteiger partial charge in [0.1, 0.15) is 11.5 Å². The first-order valence-electron chi connectivity index (χ1n) is 8.81. The van der Waals surface area contributed by atoms with Gasteiger partial charge in [-0.2, -0.15) is 0 Å². The minimum Gasteiger partial charge on any atom is -0.493 e. The number of fused-ring (bicyclic) bond motifs is 1. The van der Waals surface area contributed by atoms with Crippen LogP contribution in [0.2, 0.25) is 0 Å². The molecule has 7 heteroatoms. The molecule has 0 spiro atoms. The van der Waals surface area contributed by atoms with Crippen molar-refractivity contribution in [3.63, 3.8) is 0 Å². The fourth-order valence-corrected chi connectivity index (χ4v) is 3.30. The van der Waals surface area contributed by atoms with Gasteiger partial charge in [-0.25, -0.2) is 0 Å². The van der Waals surface area contributed by atoms with Crippen LogP contribution in [-0.2, 0) is 9.59 Å². The zero-order chi connectivity index (χ0) is 20.4. The predicted molar refractivity (Wildman–Crippen MR) is 100.0 cm³/mol. The van der Waals surface area contributed by atoms with Crippen molar-refractivity contribution in [2.45, 2.75) is 32.8 Å². The van der Waals surface area contributed by atoms with Gasteiger partial charge in [0.2, 0.25) is 0 Å². The Morgan fingerprint density at radius 1 is 1.04 bits per heavy atom. The maximum absolute atomic E-state index is 11.2. The number of rotatable bonds is 4. The van der Waals surface area contributed by atoms with E-state index in [0.29, 0.717) is 34.1 Å². The van der Waals surface area contributed by atoms with Gasteiger partial charge in [-0.3, -0.25) is 9.59 Å². The number of ether oxygens (including phenoxy) is 4. The van der Waals surface area contributed by atoms with Crippen LogP contribution in [0.4, 0.5) is 0 Å². The largest absolute Gasteiger partial charge is 0.493 e. The molecule has 28 heavy (non-hydrogen) atoms. The number of aliphatic hydroxyl groups excluding tert-OH is 1. The van der Waals surface area contributed by atoms with Gasteiger partial charge in [0, 0.05) is 30.9 Å². The normalized spacial score (nSPS) is 17.9. The lowest BCUT2D eigenvalue weighted by molar-refractivity contribution is -0.132. The van der Waals surface area contributed by atoms with Gasteiger partial charge < -0.3 is 24.1 Å². The lowest BCUT2D eigenvalue weighted by Gasteiger charge is -2.32. The van der Waals surface area contributed by atoms with E-state index in [2.05, 4.69) is 0 Å². The summed E-state index contributed by atoms with van der Waals surface area (Å²) in [5.74, 6) is 0.429. The lowest BCUT2D eigenvalue weighted by atomic mass is 9.86. The van der Waals surface area contributed by atoms with Gasteiger partial charge in [0.05, 0.1) is 19.8 Å². The fourth-order valence-electron chi connectivity index (χ4n) is 3.30. The molecule has 0 amide bonds. The Morgan fingerprint density at radius 2 is 1.68 bits per heavy atom. The molecule has 2 atom stereocenters. The highest BCUT2D eigenvalue weighted by Gasteiger charge is 2.33. The molecule has 0 unspecified atom stereocenters. The van der Waals surface area contributed by atoms with Gasteiger partial charge in [0.25, 0.3) is 0 Å². The van der Waals surface area contributed by atoms with E-state index >= 15 is 0 Å². The van der Waals surface area contributed by atoms with Crippen LogP contribution in [0.15, 0.2) is 30.3 Å². The number of benzene rings is 2. The minimum atomic E-state index is -0.821. The highest BCUT2D eigenvalue weighted by atomic mass is 16.6. The van der Waals surface area contributed by atoms with E-state index in [0.717, 1.165) is 5.56 Å². The molecule has 0 saturated carbocycles. The number of esters is 2. The summed E-state index contributed by atoms with van der Waals surface area (Å²) < 4.78 is 21.5. The van der Waals surface area contributed by atoms with Crippen molar-refractivity contribution in [3.05, 3.63) is 47.0 Å². The standard InChI is InChI=1S/C21H22O7/c1-11-17(27-12(2)22)8-6-15-20(24)16(10-26-21(11)15)14-5-7-18(28-13(3)23)19(9-14)25-4/h5-9,16,20,24H,10H2,1-4H3/t16-,20+/m0/s1. The number of carbonyl (C=O) groups excluding carboxylic acids is 2. The average Bonchev–Trinajstić information content (AvgIpc) is 2.64. The van der Waals surface area contributed by atoms with Gasteiger partial charge in [-0.15, -0.1) is 0 Å². The molecule has 1 aliphatic heterocycles. The van der Waals surface area contributed by atoms with Crippen LogP contribution in [0.3, 0.4) is 0 Å². The van der Waals surface area contributed by atoms with E-state index in [1.807, 2.05) is 0 Å². The molecule has 0 radical (unpaired) electrons. The lowest BCUT2D eigenvalue weighted by Crippen LogP contribution is -2.25. The van der Waals surface area contributed by atoms with Crippen molar-refractivity contribution in [2.75, 3.05) is 13.7 Å². The van der Waals surface area contributed by atoms with Crippen LogP contribution < -0.4 is 18.9 Å². The summed E-state index contributed by atoms with van der Waals surface area (Å²) >= 11 is 0. The molecule has 2 aromatic rings. The Bertz CT molecular complexity index is 919. The molecule has 1 N–H and O–H groups in total. The Hall–Kier alpha value is -3.06. The number of hydrogen-bond donors (Lipinski definition) is 1. The molecule has 0 bridgehead atoms. The van der Waals surface area contributed by atoms with Crippen LogP contribution in [-0.4, -0.2) is 30.8 Å². The van der Waals surface area contributed by atoms with Gasteiger partial charge in [-0.05, 0) is 36.8 Å². The second-order valence-corrected chi connectivity index (χ2v) is 6.57. The van der Waals surface area contributed by atoms with Crippen LogP contribution in [0.1, 0.15) is 42.6 Å². The third-order valence-electron chi connectivity index (χ3n) is 4.62. The maximum atomic E-state index is 11.2. The van der Waals surface area contributed by atoms with Crippen molar-refractivity contribution in [2.24, 2.45) is 0 Å². The van der Waals surface area contributed by atoms with Gasteiger partial charge >= 0.3 is 11.9 Å². The van der Waals surface area contributed by atoms with Crippen LogP contribution in [0, 0.1) is 6.92 Å². The van der Waals surface area contributed by atoms with E-state index in [9.17, 15) is 14.7 Å². The summed E-state index contributed by atoms with van der Waals surface area (Å²) in [5.41, 5.74) is 2.06. The summed E-state index contributed by atoms with van der Waals surface area (Å²) in [4.78, 5) is 22.4. The molecule has 0 fully saturated rings. The topological polar surface area (TPSA) is 91.3 Å². The third kappa shape index (κ3) is 3.80. The van der Waals surface area contributed by atoms with Crippen LogP contribution in [0.5, 0.6) is 23.0 Å². The maximum Gasteiger partial charge on any atom is 0.308 e. The van der Waals surface area contributed by atoms with E-state index in [4.69, 9.17) is 18.9 Å². The zero-order valence-electron chi connectivity index (χ0n) is 16.1. The Morgan fingerprint density at radius 3 is 2.32 bits per heavy atom. The molecule has 0 saturated heterocycles. The van der Waals surface area contributed by atoms with Crippen LogP contribution in [0.25, 0.3) is 0 Å². The molecule has 3 rings (SSSR count). The van der Waals surface area contributed by atoms with Crippen molar-refractivity contribution in [1.82, 2.24) is 0 Å². The third-order valence-corrected chi connectivity index (χ3v) is 4.62. The molecule has 148 valence electrons. The molecule has 1 heterocycles. The van der Waals surface area contributed by atoms with Gasteiger partial charge in [0.15, 0.2) is 11.5 Å². The van der Waals surface area contributed by atoms with Crippen molar-refractivity contribution in [3.8, 4) is 23.0 Å². The van der Waals surface area contributed by atoms with Crippen LogP contribution >= 0.6 is 0 Å². The van der Waals surface area contributed by atoms with Gasteiger partial charge in [-0.1, -0.05) is 6.07 Å². The highest BCUT2D eigenvalue weighted by Crippen LogP contribution is 2.45. The average molecular weight is 386 g/mol. The monoisotopic (exact) mass is 386 g/mol. The number of methoxy groups -OCH3 is 1. The SMILES string of the molecule is COc1cc([C@@H]2COc3c(ccc(OC(C)=O)c3C)[C@H]2O)ccc1OC(C)=O. The Labute approximate surface area is 162 Å². The summed E-state index contributed by atoms with van der Waals surface area (Å²) in [5, 5.41) is 10.9. The predicted octanol–water partition coefficient (Wildman–Crippen LogP) is 3.06. The van der Waals surface area contributed by atoms with E-state index in [1.165, 1.54) is 21.0 Å². The second kappa shape index (κ2) is 7.90. The van der Waals surface area contributed by atoms with E-state index in [-0.39, 0.29) is 12.5 Å². The first-order valence-corrected chi connectivity index (χ1v) is 8.81. The minimum absolute atomic E-state index is 0.231. The Kier molecular flexibility index (Phi) is 5.56. The molecule has 1 aliphatic rings. The zero-order valence-corrected chi connectivity index (χ0v) is 16.1. The molecular weight excluding hydrogens is 364 g/mol. The first-order chi connectivity index (χ1) is 13.3. The molecule has 7 nitrogen and oxygen atoms in total. The highest BCUT2D eigenvalue weighted by molar-refractivity contribution is 5.71. The molecule has 0 aliphatic carbocycles. The quantitative estimate of drug-likeness (QED) is 0.638. The van der Waals surface area contributed by atoms with Crippen molar-refractivity contribution >= 4 is 11.9 Å². The second-order valence-electron chi connectivity index (χ2n) is 6.57. The molecular formula is C21H22O7. The summed E-state index contributed by atoms with van der Waals surface area (Å²) in [6.45, 7) is 4.66. The van der Waals surface area contributed by atoms with Crippen molar-refractivity contribution in [1.29, 1.82) is 0 Å². The number of aliphatic hydroxyl groups is 1. The first kappa shape index (κ1) is 19.7. The van der Waals surface area contributed by atoms with E-state index in [1.54, 1.807) is 37.3 Å². The summed E-state index contributed by atoms with van der Waals surface area (Å²) in [7, 11) is 1.48.